The lowest BCUT2D eigenvalue weighted by Gasteiger charge is -2.35. The fourth-order valence-corrected chi connectivity index (χ4v) is 3.15. The van der Waals surface area contributed by atoms with Gasteiger partial charge in [0.1, 0.15) is 17.5 Å². The third-order valence-electron chi connectivity index (χ3n) is 4.90. The van der Waals surface area contributed by atoms with Crippen LogP contribution in [0.25, 0.3) is 0 Å². The smallest absolute Gasteiger partial charge is 0.137 e. The standard InChI is InChI=1S/C16H26N4/c1-10(2)12-6-8-20(9-7-12)16-11(3)14(17)18-15(19-16)13-4-5-13/h10,12-13H,4-9H2,1-3H3,(H2,17,18,19). The van der Waals surface area contributed by atoms with Crippen LogP contribution in [0.15, 0.2) is 0 Å². The first kappa shape index (κ1) is 13.7. The molecule has 1 aromatic heterocycles. The number of piperidine rings is 1. The van der Waals surface area contributed by atoms with E-state index in [-0.39, 0.29) is 0 Å². The minimum absolute atomic E-state index is 0.560. The molecule has 4 heteroatoms. The molecule has 2 N–H and O–H groups in total. The van der Waals surface area contributed by atoms with Crippen molar-refractivity contribution in [3.8, 4) is 0 Å². The first-order valence-electron chi connectivity index (χ1n) is 7.95. The Morgan fingerprint density at radius 1 is 1.10 bits per heavy atom. The van der Waals surface area contributed by atoms with Gasteiger partial charge in [-0.3, -0.25) is 0 Å². The van der Waals surface area contributed by atoms with Gasteiger partial charge in [0.05, 0.1) is 0 Å². The van der Waals surface area contributed by atoms with Gasteiger partial charge in [0.25, 0.3) is 0 Å². The van der Waals surface area contributed by atoms with Crippen LogP contribution in [0.2, 0.25) is 0 Å². The van der Waals surface area contributed by atoms with Crippen LogP contribution in [0.5, 0.6) is 0 Å². The molecule has 0 radical (unpaired) electrons. The molecule has 2 aliphatic rings. The number of hydrogen-bond acceptors (Lipinski definition) is 4. The highest BCUT2D eigenvalue weighted by Gasteiger charge is 2.30. The Hall–Kier alpha value is -1.32. The van der Waals surface area contributed by atoms with Crippen LogP contribution in [0, 0.1) is 18.8 Å². The summed E-state index contributed by atoms with van der Waals surface area (Å²) < 4.78 is 0. The molecule has 1 aliphatic carbocycles. The lowest BCUT2D eigenvalue weighted by atomic mass is 9.86. The van der Waals surface area contributed by atoms with Crippen molar-refractivity contribution in [2.75, 3.05) is 23.7 Å². The minimum Gasteiger partial charge on any atom is -0.383 e. The van der Waals surface area contributed by atoms with E-state index in [4.69, 9.17) is 10.7 Å². The molecule has 1 saturated heterocycles. The van der Waals surface area contributed by atoms with Crippen LogP contribution in [-0.2, 0) is 0 Å². The molecule has 1 aromatic rings. The summed E-state index contributed by atoms with van der Waals surface area (Å²) >= 11 is 0. The number of rotatable bonds is 3. The fraction of sp³-hybridized carbons (Fsp3) is 0.750. The Morgan fingerprint density at radius 2 is 1.75 bits per heavy atom. The predicted molar refractivity (Wildman–Crippen MR) is 82.9 cm³/mol. The Labute approximate surface area is 121 Å². The second kappa shape index (κ2) is 5.23. The van der Waals surface area contributed by atoms with Gasteiger partial charge in [-0.05, 0) is 44.4 Å². The van der Waals surface area contributed by atoms with E-state index in [1.165, 1.54) is 25.7 Å². The highest BCUT2D eigenvalue weighted by Crippen LogP contribution is 2.40. The van der Waals surface area contributed by atoms with Crippen molar-refractivity contribution in [2.24, 2.45) is 11.8 Å². The summed E-state index contributed by atoms with van der Waals surface area (Å²) in [6, 6.07) is 0. The molecular formula is C16H26N4. The lowest BCUT2D eigenvalue weighted by Crippen LogP contribution is -2.36. The fourth-order valence-electron chi connectivity index (χ4n) is 3.15. The molecule has 0 spiro atoms. The average Bonchev–Trinajstić information content (AvgIpc) is 3.26. The van der Waals surface area contributed by atoms with Crippen LogP contribution in [-0.4, -0.2) is 23.1 Å². The van der Waals surface area contributed by atoms with Crippen LogP contribution in [0.1, 0.15) is 56.8 Å². The summed E-state index contributed by atoms with van der Waals surface area (Å²) in [6.07, 6.45) is 4.97. The number of nitrogens with two attached hydrogens (primary N) is 1. The summed E-state index contributed by atoms with van der Waals surface area (Å²) in [5.41, 5.74) is 7.14. The number of hydrogen-bond donors (Lipinski definition) is 1. The third-order valence-corrected chi connectivity index (χ3v) is 4.90. The van der Waals surface area contributed by atoms with Crippen molar-refractivity contribution in [3.63, 3.8) is 0 Å². The van der Waals surface area contributed by atoms with Crippen LogP contribution in [0.3, 0.4) is 0 Å². The molecule has 0 bridgehead atoms. The van der Waals surface area contributed by atoms with E-state index in [9.17, 15) is 0 Å². The predicted octanol–water partition coefficient (Wildman–Crippen LogP) is 3.12. The molecular weight excluding hydrogens is 248 g/mol. The SMILES string of the molecule is Cc1c(N)nc(C2CC2)nc1N1CCC(C(C)C)CC1. The molecule has 110 valence electrons. The summed E-state index contributed by atoms with van der Waals surface area (Å²) in [7, 11) is 0. The van der Waals surface area contributed by atoms with Crippen LogP contribution in [0.4, 0.5) is 11.6 Å². The number of nitrogen functional groups attached to an aromatic ring is 1. The van der Waals surface area contributed by atoms with E-state index in [1.54, 1.807) is 0 Å². The summed E-state index contributed by atoms with van der Waals surface area (Å²) in [6.45, 7) is 8.92. The average molecular weight is 274 g/mol. The largest absolute Gasteiger partial charge is 0.383 e. The number of nitrogens with zero attached hydrogens (tertiary/aromatic N) is 3. The number of anilines is 2. The topological polar surface area (TPSA) is 55.0 Å². The summed E-state index contributed by atoms with van der Waals surface area (Å²) in [5, 5.41) is 0. The van der Waals surface area contributed by atoms with Gasteiger partial charge in [0.2, 0.25) is 0 Å². The molecule has 0 atom stereocenters. The van der Waals surface area contributed by atoms with Gasteiger partial charge in [0.15, 0.2) is 0 Å². The van der Waals surface area contributed by atoms with E-state index in [2.05, 4.69) is 30.7 Å². The van der Waals surface area contributed by atoms with Crippen molar-refractivity contribution in [3.05, 3.63) is 11.4 Å². The molecule has 1 saturated carbocycles. The Balaban J connectivity index is 1.80. The maximum atomic E-state index is 6.09. The molecule has 0 unspecified atom stereocenters. The molecule has 2 heterocycles. The van der Waals surface area contributed by atoms with Crippen molar-refractivity contribution < 1.29 is 0 Å². The van der Waals surface area contributed by atoms with E-state index in [1.807, 2.05) is 0 Å². The van der Waals surface area contributed by atoms with Gasteiger partial charge in [-0.15, -0.1) is 0 Å². The van der Waals surface area contributed by atoms with Crippen molar-refractivity contribution in [2.45, 2.75) is 52.4 Å². The third kappa shape index (κ3) is 2.60. The highest BCUT2D eigenvalue weighted by atomic mass is 15.2. The first-order valence-corrected chi connectivity index (χ1v) is 7.95. The van der Waals surface area contributed by atoms with Crippen LogP contribution >= 0.6 is 0 Å². The second-order valence-corrected chi connectivity index (χ2v) is 6.76. The van der Waals surface area contributed by atoms with Gasteiger partial charge in [-0.1, -0.05) is 13.8 Å². The maximum absolute atomic E-state index is 6.09. The Bertz CT molecular complexity index is 485. The molecule has 1 aliphatic heterocycles. The molecule has 0 amide bonds. The van der Waals surface area contributed by atoms with Gasteiger partial charge in [-0.25, -0.2) is 9.97 Å². The molecule has 20 heavy (non-hydrogen) atoms. The van der Waals surface area contributed by atoms with Gasteiger partial charge in [0, 0.05) is 24.6 Å². The first-order chi connectivity index (χ1) is 9.56. The second-order valence-electron chi connectivity index (χ2n) is 6.76. The van der Waals surface area contributed by atoms with Crippen LogP contribution < -0.4 is 10.6 Å². The highest BCUT2D eigenvalue weighted by molar-refractivity contribution is 5.57. The van der Waals surface area contributed by atoms with E-state index >= 15 is 0 Å². The van der Waals surface area contributed by atoms with Crippen molar-refractivity contribution in [1.82, 2.24) is 9.97 Å². The zero-order valence-electron chi connectivity index (χ0n) is 12.9. The summed E-state index contributed by atoms with van der Waals surface area (Å²) in [4.78, 5) is 11.7. The van der Waals surface area contributed by atoms with E-state index in [0.717, 1.165) is 42.1 Å². The van der Waals surface area contributed by atoms with Gasteiger partial charge in [-0.2, -0.15) is 0 Å². The summed E-state index contributed by atoms with van der Waals surface area (Å²) in [5.74, 6) is 4.92. The Kier molecular flexibility index (Phi) is 3.57. The van der Waals surface area contributed by atoms with Gasteiger partial charge >= 0.3 is 0 Å². The zero-order chi connectivity index (χ0) is 14.3. The normalized spacial score (nSPS) is 20.7. The molecule has 2 fully saturated rings. The minimum atomic E-state index is 0.560. The molecule has 3 rings (SSSR count). The van der Waals surface area contributed by atoms with E-state index < -0.39 is 0 Å². The molecule has 0 aromatic carbocycles. The Morgan fingerprint density at radius 3 is 2.30 bits per heavy atom. The quantitative estimate of drug-likeness (QED) is 0.920. The monoisotopic (exact) mass is 274 g/mol. The number of aromatic nitrogens is 2. The van der Waals surface area contributed by atoms with Crippen molar-refractivity contribution in [1.29, 1.82) is 0 Å². The maximum Gasteiger partial charge on any atom is 0.137 e. The molecule has 4 nitrogen and oxygen atoms in total. The lowest BCUT2D eigenvalue weighted by molar-refractivity contribution is 0.310. The van der Waals surface area contributed by atoms with Crippen molar-refractivity contribution >= 4 is 11.6 Å². The zero-order valence-corrected chi connectivity index (χ0v) is 12.9. The van der Waals surface area contributed by atoms with E-state index in [0.29, 0.717) is 11.7 Å². The van der Waals surface area contributed by atoms with Gasteiger partial charge < -0.3 is 10.6 Å².